The number of rotatable bonds is 8. The van der Waals surface area contributed by atoms with Crippen LogP contribution in [-0.4, -0.2) is 33.2 Å². The quantitative estimate of drug-likeness (QED) is 0.386. The Labute approximate surface area is 198 Å². The molecule has 0 unspecified atom stereocenters. The van der Waals surface area contributed by atoms with Crippen molar-refractivity contribution in [3.8, 4) is 22.1 Å². The molecule has 1 amide bonds. The number of halogens is 1. The van der Waals surface area contributed by atoms with E-state index >= 15 is 0 Å². The van der Waals surface area contributed by atoms with Crippen LogP contribution < -0.4 is 20.5 Å². The molecule has 0 fully saturated rings. The third-order valence-electron chi connectivity index (χ3n) is 4.57. The fraction of sp³-hybridized carbons (Fsp3) is 0.136. The van der Waals surface area contributed by atoms with Crippen molar-refractivity contribution in [3.05, 3.63) is 76.8 Å². The number of hydrogen-bond donors (Lipinski definition) is 2. The van der Waals surface area contributed by atoms with Gasteiger partial charge in [-0.25, -0.2) is 0 Å². The van der Waals surface area contributed by atoms with Gasteiger partial charge in [0.15, 0.2) is 0 Å². The zero-order valence-electron chi connectivity index (χ0n) is 17.5. The van der Waals surface area contributed by atoms with E-state index in [0.29, 0.717) is 38.5 Å². The molecule has 0 aliphatic carbocycles. The SMILES string of the molecule is COc1ccccc1-c1cc(CN)ncc1C(=O)Nc1nnc(OCc2ccc(Cl)cn2)s1. The molecule has 0 atom stereocenters. The number of benzene rings is 1. The Kier molecular flexibility index (Phi) is 7.08. The predicted molar refractivity (Wildman–Crippen MR) is 126 cm³/mol. The summed E-state index contributed by atoms with van der Waals surface area (Å²) in [5.41, 5.74) is 8.84. The van der Waals surface area contributed by atoms with Gasteiger partial charge in [-0.2, -0.15) is 0 Å². The third kappa shape index (κ3) is 5.43. The number of pyridine rings is 2. The highest BCUT2D eigenvalue weighted by atomic mass is 35.5. The monoisotopic (exact) mass is 482 g/mol. The Morgan fingerprint density at radius 3 is 2.67 bits per heavy atom. The smallest absolute Gasteiger partial charge is 0.296 e. The van der Waals surface area contributed by atoms with E-state index in [-0.39, 0.29) is 18.3 Å². The van der Waals surface area contributed by atoms with Crippen LogP contribution in [0.25, 0.3) is 11.1 Å². The summed E-state index contributed by atoms with van der Waals surface area (Å²) in [6.45, 7) is 0.436. The second kappa shape index (κ2) is 10.3. The highest BCUT2D eigenvalue weighted by Crippen LogP contribution is 2.33. The number of nitrogens with one attached hydrogen (secondary N) is 1. The number of methoxy groups -OCH3 is 1. The summed E-state index contributed by atoms with van der Waals surface area (Å²) in [6.07, 6.45) is 3.03. The molecule has 0 bridgehead atoms. The fourth-order valence-electron chi connectivity index (χ4n) is 2.99. The second-order valence-corrected chi connectivity index (χ2v) is 8.09. The first-order chi connectivity index (χ1) is 16.1. The lowest BCUT2D eigenvalue weighted by Crippen LogP contribution is -2.14. The summed E-state index contributed by atoms with van der Waals surface area (Å²) < 4.78 is 11.1. The molecule has 9 nitrogen and oxygen atoms in total. The number of amides is 1. The molecule has 3 heterocycles. The minimum absolute atomic E-state index is 0.197. The first-order valence-electron chi connectivity index (χ1n) is 9.78. The summed E-state index contributed by atoms with van der Waals surface area (Å²) in [7, 11) is 1.58. The van der Waals surface area contributed by atoms with E-state index in [0.717, 1.165) is 16.9 Å². The van der Waals surface area contributed by atoms with E-state index in [1.54, 1.807) is 25.3 Å². The van der Waals surface area contributed by atoms with Gasteiger partial charge in [0.05, 0.1) is 29.1 Å². The number of para-hydroxylation sites is 1. The maximum absolute atomic E-state index is 13.1. The van der Waals surface area contributed by atoms with Crippen molar-refractivity contribution in [2.45, 2.75) is 13.2 Å². The van der Waals surface area contributed by atoms with Crippen molar-refractivity contribution in [2.75, 3.05) is 12.4 Å². The first-order valence-corrected chi connectivity index (χ1v) is 11.0. The number of ether oxygens (including phenoxy) is 2. The van der Waals surface area contributed by atoms with Crippen molar-refractivity contribution in [3.63, 3.8) is 0 Å². The molecule has 0 radical (unpaired) electrons. The molecule has 0 aliphatic heterocycles. The van der Waals surface area contributed by atoms with E-state index in [2.05, 4.69) is 25.5 Å². The predicted octanol–water partition coefficient (Wildman–Crippen LogP) is 3.95. The topological polar surface area (TPSA) is 125 Å². The zero-order valence-corrected chi connectivity index (χ0v) is 19.1. The molecule has 0 aliphatic rings. The van der Waals surface area contributed by atoms with Crippen molar-refractivity contribution in [1.29, 1.82) is 0 Å². The van der Waals surface area contributed by atoms with Crippen molar-refractivity contribution < 1.29 is 14.3 Å². The van der Waals surface area contributed by atoms with Gasteiger partial charge in [-0.1, -0.05) is 34.9 Å². The molecule has 0 saturated heterocycles. The molecule has 168 valence electrons. The van der Waals surface area contributed by atoms with Crippen LogP contribution in [0.3, 0.4) is 0 Å². The van der Waals surface area contributed by atoms with Crippen LogP contribution in [0.1, 0.15) is 21.7 Å². The molecule has 3 N–H and O–H groups in total. The van der Waals surface area contributed by atoms with Crippen LogP contribution in [-0.2, 0) is 13.2 Å². The number of anilines is 1. The lowest BCUT2D eigenvalue weighted by Gasteiger charge is -2.13. The first kappa shape index (κ1) is 22.6. The molecule has 0 spiro atoms. The van der Waals surface area contributed by atoms with Crippen LogP contribution in [0.15, 0.2) is 54.9 Å². The van der Waals surface area contributed by atoms with Crippen LogP contribution in [0.2, 0.25) is 5.02 Å². The molecule has 4 rings (SSSR count). The van der Waals surface area contributed by atoms with Crippen LogP contribution in [0, 0.1) is 0 Å². The average Bonchev–Trinajstić information content (AvgIpc) is 3.30. The van der Waals surface area contributed by atoms with Gasteiger partial charge in [-0.15, -0.1) is 5.10 Å². The van der Waals surface area contributed by atoms with Gasteiger partial charge < -0.3 is 15.2 Å². The fourth-order valence-corrected chi connectivity index (χ4v) is 3.69. The Bertz CT molecular complexity index is 1270. The summed E-state index contributed by atoms with van der Waals surface area (Å²) in [4.78, 5) is 21.5. The van der Waals surface area contributed by atoms with Crippen molar-refractivity contribution in [1.82, 2.24) is 20.2 Å². The van der Waals surface area contributed by atoms with Gasteiger partial charge in [0, 0.05) is 30.1 Å². The van der Waals surface area contributed by atoms with E-state index in [1.165, 1.54) is 12.4 Å². The Morgan fingerprint density at radius 2 is 1.91 bits per heavy atom. The highest BCUT2D eigenvalue weighted by Gasteiger charge is 2.19. The molecular weight excluding hydrogens is 464 g/mol. The number of nitrogens with two attached hydrogens (primary N) is 1. The number of carbonyl (C=O) groups excluding carboxylic acids is 1. The van der Waals surface area contributed by atoms with Gasteiger partial charge >= 0.3 is 0 Å². The summed E-state index contributed by atoms with van der Waals surface area (Å²) in [5.74, 6) is 0.233. The van der Waals surface area contributed by atoms with Crippen molar-refractivity contribution in [2.24, 2.45) is 5.73 Å². The van der Waals surface area contributed by atoms with Crippen LogP contribution in [0.5, 0.6) is 10.9 Å². The minimum atomic E-state index is -0.394. The van der Waals surface area contributed by atoms with E-state index in [1.807, 2.05) is 24.3 Å². The molecule has 4 aromatic rings. The molecular formula is C22H19ClN6O3S. The van der Waals surface area contributed by atoms with Gasteiger partial charge in [0.1, 0.15) is 12.4 Å². The Balaban J connectivity index is 1.52. The molecule has 1 aromatic carbocycles. The van der Waals surface area contributed by atoms with Gasteiger partial charge in [0.2, 0.25) is 5.13 Å². The van der Waals surface area contributed by atoms with E-state index in [9.17, 15) is 4.79 Å². The number of hydrogen-bond acceptors (Lipinski definition) is 9. The van der Waals surface area contributed by atoms with Crippen LogP contribution >= 0.6 is 22.9 Å². The third-order valence-corrected chi connectivity index (χ3v) is 5.55. The van der Waals surface area contributed by atoms with Gasteiger partial charge in [-0.3, -0.25) is 20.1 Å². The van der Waals surface area contributed by atoms with E-state index in [4.69, 9.17) is 26.8 Å². The molecule has 33 heavy (non-hydrogen) atoms. The highest BCUT2D eigenvalue weighted by molar-refractivity contribution is 7.17. The van der Waals surface area contributed by atoms with Crippen molar-refractivity contribution >= 4 is 34.0 Å². The Hall–Kier alpha value is -3.60. The second-order valence-electron chi connectivity index (χ2n) is 6.71. The minimum Gasteiger partial charge on any atom is -0.496 e. The molecule has 3 aromatic heterocycles. The standard InChI is InChI=1S/C22H19ClN6O3S/c1-31-19-5-3-2-4-16(19)17-8-15(9-24)26-11-18(17)20(30)27-21-28-29-22(33-21)32-12-14-7-6-13(23)10-25-14/h2-8,10-11H,9,12,24H2,1H3,(H,27,28,30). The number of carbonyl (C=O) groups is 1. The summed E-state index contributed by atoms with van der Waals surface area (Å²) in [6, 6.07) is 12.7. The van der Waals surface area contributed by atoms with Crippen LogP contribution in [0.4, 0.5) is 5.13 Å². The zero-order chi connectivity index (χ0) is 23.2. The summed E-state index contributed by atoms with van der Waals surface area (Å²) in [5, 5.41) is 11.8. The maximum Gasteiger partial charge on any atom is 0.296 e. The maximum atomic E-state index is 13.1. The number of aromatic nitrogens is 4. The van der Waals surface area contributed by atoms with Gasteiger partial charge in [-0.05, 0) is 35.6 Å². The lowest BCUT2D eigenvalue weighted by atomic mass is 9.99. The summed E-state index contributed by atoms with van der Waals surface area (Å²) >= 11 is 6.93. The average molecular weight is 483 g/mol. The Morgan fingerprint density at radius 1 is 1.09 bits per heavy atom. The largest absolute Gasteiger partial charge is 0.496 e. The normalized spacial score (nSPS) is 10.6. The lowest BCUT2D eigenvalue weighted by molar-refractivity contribution is 0.102. The number of nitrogens with zero attached hydrogens (tertiary/aromatic N) is 4. The molecule has 0 saturated carbocycles. The van der Waals surface area contributed by atoms with E-state index < -0.39 is 5.91 Å². The van der Waals surface area contributed by atoms with Gasteiger partial charge in [0.25, 0.3) is 11.1 Å². The molecule has 11 heteroatoms.